The Morgan fingerprint density at radius 2 is 2.20 bits per heavy atom. The van der Waals surface area contributed by atoms with Crippen LogP contribution in [-0.2, 0) is 9.92 Å². The number of fused-ring (bicyclic) bond motifs is 1. The second-order valence-electron chi connectivity index (χ2n) is 4.58. The molecule has 0 saturated carbocycles. The summed E-state index contributed by atoms with van der Waals surface area (Å²) < 4.78 is 6.70. The average molecular weight is 305 g/mol. The van der Waals surface area contributed by atoms with E-state index >= 15 is 0 Å². The van der Waals surface area contributed by atoms with Gasteiger partial charge in [-0.05, 0) is 0 Å². The van der Waals surface area contributed by atoms with Gasteiger partial charge in [-0.15, -0.1) is 0 Å². The number of alkyl halides is 1. The Labute approximate surface area is 118 Å². The van der Waals surface area contributed by atoms with Crippen molar-refractivity contribution in [1.82, 2.24) is 14.9 Å². The van der Waals surface area contributed by atoms with Crippen LogP contribution in [0.1, 0.15) is 11.9 Å². The van der Waals surface area contributed by atoms with Crippen LogP contribution in [0.4, 0.5) is 5.82 Å². The van der Waals surface area contributed by atoms with Crippen molar-refractivity contribution in [3.63, 3.8) is 0 Å². The van der Waals surface area contributed by atoms with E-state index in [-0.39, 0.29) is 11.5 Å². The van der Waals surface area contributed by atoms with Crippen molar-refractivity contribution in [3.8, 4) is 0 Å². The van der Waals surface area contributed by atoms with Crippen LogP contribution in [-0.4, -0.2) is 61.2 Å². The first-order valence-corrected chi connectivity index (χ1v) is 6.25. The van der Waals surface area contributed by atoms with Crippen molar-refractivity contribution in [3.05, 3.63) is 12.0 Å². The first-order chi connectivity index (χ1) is 9.45. The normalized spacial score (nSPS) is 39.6. The van der Waals surface area contributed by atoms with Crippen molar-refractivity contribution in [2.45, 2.75) is 29.7 Å². The number of ether oxygens (including phenoxy) is 1. The number of aromatic nitrogens is 2. The Hall–Kier alpha value is -1.23. The molecular weight excluding hydrogens is 292 g/mol. The number of nitrogens with zero attached hydrogens (tertiary/aromatic N) is 3. The second-order valence-corrected chi connectivity index (χ2v) is 5.12. The smallest absolute Gasteiger partial charge is 0.263 e. The summed E-state index contributed by atoms with van der Waals surface area (Å²) in [5, 5.41) is 39.2. The Kier molecular flexibility index (Phi) is 3.20. The molecule has 1 aromatic rings. The predicted molar refractivity (Wildman–Crippen MR) is 66.3 cm³/mol. The highest BCUT2D eigenvalue weighted by Crippen LogP contribution is 2.38. The van der Waals surface area contributed by atoms with Crippen LogP contribution in [0.15, 0.2) is 11.3 Å². The molecule has 0 aromatic carbocycles. The number of aliphatic hydroxyl groups is 4. The molecule has 1 saturated heterocycles. The maximum absolute atomic E-state index is 9.96. The number of hydrogen-bond donors (Lipinski definition) is 5. The summed E-state index contributed by atoms with van der Waals surface area (Å²) in [7, 11) is 0. The van der Waals surface area contributed by atoms with E-state index in [9.17, 15) is 15.3 Å². The SMILES string of the molecule is OC[C@H]1O[C@@H](n2cnc3c2N=CNC3(O)Cl)[C@H](O)[C@@H]1O. The molecule has 3 heterocycles. The number of halogens is 1. The summed E-state index contributed by atoms with van der Waals surface area (Å²) in [4.78, 5) is 7.92. The lowest BCUT2D eigenvalue weighted by Crippen LogP contribution is -2.38. The third kappa shape index (κ3) is 1.91. The highest BCUT2D eigenvalue weighted by Gasteiger charge is 2.45. The molecule has 1 unspecified atom stereocenters. The van der Waals surface area contributed by atoms with Crippen LogP contribution in [0.25, 0.3) is 0 Å². The monoisotopic (exact) mass is 304 g/mol. The lowest BCUT2D eigenvalue weighted by molar-refractivity contribution is -0.0521. The van der Waals surface area contributed by atoms with Gasteiger partial charge in [-0.2, -0.15) is 0 Å². The topological polar surface area (TPSA) is 132 Å². The lowest BCUT2D eigenvalue weighted by Gasteiger charge is -2.24. The third-order valence-electron chi connectivity index (χ3n) is 3.32. The van der Waals surface area contributed by atoms with Gasteiger partial charge in [0.2, 0.25) is 0 Å². The molecular formula is C10H13ClN4O5. The summed E-state index contributed by atoms with van der Waals surface area (Å²) >= 11 is 5.83. The minimum Gasteiger partial charge on any atom is -0.394 e. The van der Waals surface area contributed by atoms with Gasteiger partial charge in [-0.25, -0.2) is 9.98 Å². The Balaban J connectivity index is 1.98. The fourth-order valence-electron chi connectivity index (χ4n) is 2.26. The van der Waals surface area contributed by atoms with E-state index in [0.29, 0.717) is 0 Å². The van der Waals surface area contributed by atoms with Crippen molar-refractivity contribution in [1.29, 1.82) is 0 Å². The quantitative estimate of drug-likeness (QED) is 0.318. The summed E-state index contributed by atoms with van der Waals surface area (Å²) in [6, 6.07) is 0. The van der Waals surface area contributed by atoms with Crippen molar-refractivity contribution < 1.29 is 25.2 Å². The molecule has 0 spiro atoms. The number of nitrogens with one attached hydrogen (secondary N) is 1. The molecule has 0 amide bonds. The van der Waals surface area contributed by atoms with Gasteiger partial charge in [-0.3, -0.25) is 4.57 Å². The largest absolute Gasteiger partial charge is 0.394 e. The standard InChI is InChI=1S/C10H13ClN4O5/c11-10(19)7-8(12-2-14-10)15(3-13-7)9-6(18)5(17)4(1-16)20-9/h2-6,9,16-19H,1H2,(H,12,14)/t4-,5-,6-,9-,10?/m1/s1. The number of hydrogen-bond acceptors (Lipinski definition) is 8. The summed E-state index contributed by atoms with van der Waals surface area (Å²) in [6.45, 7) is -0.435. The first-order valence-electron chi connectivity index (χ1n) is 5.87. The van der Waals surface area contributed by atoms with Crippen LogP contribution >= 0.6 is 11.6 Å². The number of aliphatic imine (C=N–C) groups is 1. The minimum absolute atomic E-state index is 0.0550. The van der Waals surface area contributed by atoms with Crippen LogP contribution in [0.5, 0.6) is 0 Å². The summed E-state index contributed by atoms with van der Waals surface area (Å²) in [5.74, 6) is 0.191. The van der Waals surface area contributed by atoms with Gasteiger partial charge >= 0.3 is 0 Å². The molecule has 0 bridgehead atoms. The number of imidazole rings is 1. The van der Waals surface area contributed by atoms with E-state index in [2.05, 4.69) is 15.3 Å². The van der Waals surface area contributed by atoms with Gasteiger partial charge in [0.05, 0.1) is 19.3 Å². The first kappa shape index (κ1) is 13.7. The number of rotatable bonds is 2. The van der Waals surface area contributed by atoms with Crippen molar-refractivity contribution >= 4 is 23.8 Å². The van der Waals surface area contributed by atoms with Gasteiger partial charge in [0.15, 0.2) is 17.7 Å². The van der Waals surface area contributed by atoms with Gasteiger partial charge in [0.25, 0.3) is 5.18 Å². The molecule has 20 heavy (non-hydrogen) atoms. The van der Waals surface area contributed by atoms with Crippen molar-refractivity contribution in [2.75, 3.05) is 6.61 Å². The van der Waals surface area contributed by atoms with E-state index < -0.39 is 36.3 Å². The van der Waals surface area contributed by atoms with Gasteiger partial charge in [-0.1, -0.05) is 11.6 Å². The third-order valence-corrected chi connectivity index (χ3v) is 3.60. The zero-order valence-corrected chi connectivity index (χ0v) is 10.8. The number of aliphatic hydroxyl groups excluding tert-OH is 3. The van der Waals surface area contributed by atoms with Crippen LogP contribution in [0.2, 0.25) is 0 Å². The molecule has 5 atom stereocenters. The molecule has 3 rings (SSSR count). The maximum Gasteiger partial charge on any atom is 0.263 e. The van der Waals surface area contributed by atoms with Crippen molar-refractivity contribution in [2.24, 2.45) is 4.99 Å². The van der Waals surface area contributed by atoms with Gasteiger partial charge in [0.1, 0.15) is 18.3 Å². The molecule has 10 heteroatoms. The van der Waals surface area contributed by atoms with Crippen LogP contribution in [0, 0.1) is 0 Å². The Bertz CT molecular complexity index is 548. The second kappa shape index (κ2) is 4.65. The van der Waals surface area contributed by atoms with E-state index in [4.69, 9.17) is 21.4 Å². The van der Waals surface area contributed by atoms with E-state index in [0.717, 1.165) is 0 Å². The molecule has 2 aliphatic rings. The van der Waals surface area contributed by atoms with Crippen LogP contribution in [0.3, 0.4) is 0 Å². The Morgan fingerprint density at radius 3 is 2.85 bits per heavy atom. The maximum atomic E-state index is 9.96. The summed E-state index contributed by atoms with van der Waals surface area (Å²) in [5.41, 5.74) is 0.0550. The highest BCUT2D eigenvalue weighted by molar-refractivity contribution is 6.23. The highest BCUT2D eigenvalue weighted by atomic mass is 35.5. The van der Waals surface area contributed by atoms with E-state index in [1.807, 2.05) is 0 Å². The van der Waals surface area contributed by atoms with Crippen LogP contribution < -0.4 is 5.32 Å². The van der Waals surface area contributed by atoms with Gasteiger partial charge in [0, 0.05) is 0 Å². The zero-order chi connectivity index (χ0) is 14.5. The minimum atomic E-state index is -1.90. The molecule has 9 nitrogen and oxygen atoms in total. The molecule has 110 valence electrons. The fraction of sp³-hybridized carbons (Fsp3) is 0.600. The molecule has 1 fully saturated rings. The van der Waals surface area contributed by atoms with Gasteiger partial charge < -0.3 is 30.5 Å². The lowest BCUT2D eigenvalue weighted by atomic mass is 10.1. The fourth-order valence-corrected chi connectivity index (χ4v) is 2.44. The molecule has 1 aromatic heterocycles. The molecule has 5 N–H and O–H groups in total. The predicted octanol–water partition coefficient (Wildman–Crippen LogP) is -1.90. The summed E-state index contributed by atoms with van der Waals surface area (Å²) in [6.07, 6.45) is -1.92. The van der Waals surface area contributed by atoms with E-state index in [1.54, 1.807) is 0 Å². The molecule has 2 aliphatic heterocycles. The average Bonchev–Trinajstić information content (AvgIpc) is 2.94. The molecule has 0 radical (unpaired) electrons. The molecule has 0 aliphatic carbocycles. The van der Waals surface area contributed by atoms with E-state index in [1.165, 1.54) is 17.2 Å². The zero-order valence-electron chi connectivity index (χ0n) is 10.1. The Morgan fingerprint density at radius 1 is 1.45 bits per heavy atom.